The van der Waals surface area contributed by atoms with Crippen molar-refractivity contribution < 1.29 is 17.9 Å². The Morgan fingerprint density at radius 2 is 2.06 bits per heavy atom. The molecule has 1 aromatic carbocycles. The molecule has 10 heteroatoms. The average molecular weight is 475 g/mol. The zero-order valence-electron chi connectivity index (χ0n) is 19.3. The van der Waals surface area contributed by atoms with E-state index in [4.69, 9.17) is 21.6 Å². The molecule has 0 fully saturated rings. The zero-order valence-corrected chi connectivity index (χ0v) is 19.3. The largest absolute Gasteiger partial charge is 0.482 e. The Kier molecular flexibility index (Phi) is 7.83. The van der Waals surface area contributed by atoms with Crippen LogP contribution in [0.1, 0.15) is 43.1 Å². The molecule has 1 aliphatic heterocycles. The van der Waals surface area contributed by atoms with Crippen molar-refractivity contribution in [1.29, 1.82) is 5.41 Å². The lowest BCUT2D eigenvalue weighted by atomic mass is 9.88. The van der Waals surface area contributed by atoms with E-state index in [1.807, 2.05) is 0 Å². The number of ether oxygens (including phenoxy) is 1. The molecule has 7 nitrogen and oxygen atoms in total. The molecule has 0 amide bonds. The molecule has 0 aliphatic carbocycles. The first kappa shape index (κ1) is 25.1. The van der Waals surface area contributed by atoms with Gasteiger partial charge in [-0.05, 0) is 49.3 Å². The van der Waals surface area contributed by atoms with Gasteiger partial charge in [0.05, 0.1) is 12.3 Å². The van der Waals surface area contributed by atoms with Gasteiger partial charge in [-0.15, -0.1) is 0 Å². The van der Waals surface area contributed by atoms with Gasteiger partial charge in [-0.3, -0.25) is 5.41 Å². The molecular formula is C24H29F3N6O. The molecule has 0 radical (unpaired) electrons. The number of halogens is 3. The molecule has 2 heterocycles. The summed E-state index contributed by atoms with van der Waals surface area (Å²) in [5.41, 5.74) is 15.3. The van der Waals surface area contributed by atoms with Crippen LogP contribution in [0.5, 0.6) is 5.75 Å². The highest BCUT2D eigenvalue weighted by atomic mass is 19.3. The molecule has 7 N–H and O–H groups in total. The lowest BCUT2D eigenvalue weighted by Crippen LogP contribution is -2.28. The predicted octanol–water partition coefficient (Wildman–Crippen LogP) is 3.73. The quantitative estimate of drug-likeness (QED) is 0.450. The molecule has 3 rings (SSSR count). The Labute approximate surface area is 196 Å². The average Bonchev–Trinajstić information content (AvgIpc) is 2.78. The van der Waals surface area contributed by atoms with Crippen LogP contribution in [-0.2, 0) is 0 Å². The fourth-order valence-corrected chi connectivity index (χ4v) is 3.86. The van der Waals surface area contributed by atoms with Gasteiger partial charge < -0.3 is 26.8 Å². The summed E-state index contributed by atoms with van der Waals surface area (Å²) in [4.78, 5) is 4.19. The first-order valence-corrected chi connectivity index (χ1v) is 10.8. The Morgan fingerprint density at radius 1 is 1.32 bits per heavy atom. The lowest BCUT2D eigenvalue weighted by Gasteiger charge is -2.25. The third kappa shape index (κ3) is 5.51. The van der Waals surface area contributed by atoms with Gasteiger partial charge >= 0.3 is 0 Å². The zero-order chi connectivity index (χ0) is 25.0. The number of pyridine rings is 1. The Hall–Kier alpha value is -3.53. The molecule has 34 heavy (non-hydrogen) atoms. The van der Waals surface area contributed by atoms with Gasteiger partial charge in [-0.25, -0.2) is 18.2 Å². The number of hydrogen-bond acceptors (Lipinski definition) is 7. The number of benzene rings is 1. The van der Waals surface area contributed by atoms with Crippen LogP contribution in [-0.4, -0.2) is 36.8 Å². The molecule has 2 aromatic rings. The summed E-state index contributed by atoms with van der Waals surface area (Å²) in [5, 5.41) is 14.6. The van der Waals surface area contributed by atoms with Gasteiger partial charge in [0.1, 0.15) is 11.9 Å². The number of nitrogen functional groups attached to an aromatic ring is 1. The van der Waals surface area contributed by atoms with Crippen LogP contribution in [0.15, 0.2) is 47.8 Å². The fraction of sp³-hybridized carbons (Fsp3) is 0.333. The van der Waals surface area contributed by atoms with Gasteiger partial charge in [0, 0.05) is 54.3 Å². The first-order valence-electron chi connectivity index (χ1n) is 10.8. The SMILES string of the molecule is CN/C=C1/C/C(C(C)N)=C(/NCC(F)F)c2cnc(N)c(c2)O[C@H](C)c2cc(F)ccc2C1=N. The minimum Gasteiger partial charge on any atom is -0.482 e. The van der Waals surface area contributed by atoms with Crippen molar-refractivity contribution >= 4 is 17.2 Å². The van der Waals surface area contributed by atoms with E-state index in [0.717, 1.165) is 0 Å². The second kappa shape index (κ2) is 10.6. The number of fused-ring (bicyclic) bond motifs is 3. The van der Waals surface area contributed by atoms with Gasteiger partial charge in [0.15, 0.2) is 11.6 Å². The van der Waals surface area contributed by atoms with Crippen molar-refractivity contribution in [3.63, 3.8) is 0 Å². The Morgan fingerprint density at radius 3 is 2.71 bits per heavy atom. The topological polar surface area (TPSA) is 122 Å². The van der Waals surface area contributed by atoms with E-state index >= 15 is 0 Å². The molecule has 0 spiro atoms. The number of nitrogens with two attached hydrogens (primary N) is 2. The van der Waals surface area contributed by atoms with Crippen LogP contribution in [0.25, 0.3) is 5.70 Å². The number of anilines is 1. The Balaban J connectivity index is 2.31. The van der Waals surface area contributed by atoms with E-state index in [0.29, 0.717) is 33.5 Å². The minimum atomic E-state index is -2.60. The molecule has 0 saturated carbocycles. The van der Waals surface area contributed by atoms with Crippen LogP contribution < -0.4 is 26.8 Å². The van der Waals surface area contributed by atoms with Crippen LogP contribution in [0, 0.1) is 11.2 Å². The van der Waals surface area contributed by atoms with Crippen molar-refractivity contribution in [3.8, 4) is 5.75 Å². The number of nitrogens with zero attached hydrogens (tertiary/aromatic N) is 1. The van der Waals surface area contributed by atoms with Crippen LogP contribution >= 0.6 is 0 Å². The van der Waals surface area contributed by atoms with E-state index in [1.165, 1.54) is 24.4 Å². The summed E-state index contributed by atoms with van der Waals surface area (Å²) < 4.78 is 46.5. The molecule has 1 aromatic heterocycles. The number of allylic oxidation sites excluding steroid dienone is 1. The predicted molar refractivity (Wildman–Crippen MR) is 127 cm³/mol. The fourth-order valence-electron chi connectivity index (χ4n) is 3.86. The maximum atomic E-state index is 14.2. The summed E-state index contributed by atoms with van der Waals surface area (Å²) in [6.07, 6.45) is -0.0146. The highest BCUT2D eigenvalue weighted by molar-refractivity contribution is 6.12. The van der Waals surface area contributed by atoms with Gasteiger partial charge in [-0.2, -0.15) is 0 Å². The number of aromatic nitrogens is 1. The second-order valence-corrected chi connectivity index (χ2v) is 8.07. The normalized spacial score (nSPS) is 20.8. The summed E-state index contributed by atoms with van der Waals surface area (Å²) >= 11 is 0. The van der Waals surface area contributed by atoms with Crippen molar-refractivity contribution in [3.05, 3.63) is 70.3 Å². The maximum absolute atomic E-state index is 14.2. The van der Waals surface area contributed by atoms with Gasteiger partial charge in [0.2, 0.25) is 0 Å². The van der Waals surface area contributed by atoms with Crippen molar-refractivity contribution in [1.82, 2.24) is 15.6 Å². The standard InChI is InChI=1S/C24H29F3N6O/c1-12(28)18-6-14(9-31-3)22(29)17-5-4-16(25)8-19(17)13(2)34-20-7-15(10-33-24(20)30)23(18)32-11-21(26)27/h4-5,7-10,12-13,21,29,31-32H,6,11,28H2,1-3H3,(H2,30,33)/b14-9-,23-18-,29-22?/t12?,13-/m1/s1. The second-order valence-electron chi connectivity index (χ2n) is 8.07. The van der Waals surface area contributed by atoms with Crippen LogP contribution in [0.4, 0.5) is 19.0 Å². The van der Waals surface area contributed by atoms with E-state index in [2.05, 4.69) is 15.6 Å². The molecule has 1 unspecified atom stereocenters. The lowest BCUT2D eigenvalue weighted by molar-refractivity contribution is 0.151. The molecular weight excluding hydrogens is 445 g/mol. The molecule has 0 saturated heterocycles. The monoisotopic (exact) mass is 474 g/mol. The van der Waals surface area contributed by atoms with Crippen molar-refractivity contribution in [2.75, 3.05) is 19.3 Å². The van der Waals surface area contributed by atoms with E-state index in [-0.39, 0.29) is 23.7 Å². The number of nitrogens with one attached hydrogen (secondary N) is 3. The van der Waals surface area contributed by atoms with E-state index < -0.39 is 30.9 Å². The summed E-state index contributed by atoms with van der Waals surface area (Å²) in [6.45, 7) is 2.84. The molecule has 1 aliphatic rings. The number of alkyl halides is 2. The molecule has 2 atom stereocenters. The molecule has 2 bridgehead atoms. The highest BCUT2D eigenvalue weighted by Gasteiger charge is 2.25. The van der Waals surface area contributed by atoms with Crippen LogP contribution in [0.2, 0.25) is 0 Å². The Bertz CT molecular complexity index is 1130. The number of rotatable bonds is 5. The van der Waals surface area contributed by atoms with Crippen molar-refractivity contribution in [2.24, 2.45) is 5.73 Å². The summed E-state index contributed by atoms with van der Waals surface area (Å²) in [5.74, 6) is -0.173. The number of hydrogen-bond donors (Lipinski definition) is 5. The minimum absolute atomic E-state index is 0.0898. The van der Waals surface area contributed by atoms with E-state index in [9.17, 15) is 13.2 Å². The van der Waals surface area contributed by atoms with Gasteiger partial charge in [0.25, 0.3) is 6.43 Å². The molecule has 182 valence electrons. The third-order valence-corrected chi connectivity index (χ3v) is 5.52. The van der Waals surface area contributed by atoms with Crippen LogP contribution in [0.3, 0.4) is 0 Å². The smallest absolute Gasteiger partial charge is 0.255 e. The highest BCUT2D eigenvalue weighted by Crippen LogP contribution is 2.34. The van der Waals surface area contributed by atoms with Gasteiger partial charge in [-0.1, -0.05) is 0 Å². The van der Waals surface area contributed by atoms with Crippen molar-refractivity contribution in [2.45, 2.75) is 38.8 Å². The summed E-state index contributed by atoms with van der Waals surface area (Å²) in [6, 6.07) is 5.16. The third-order valence-electron chi connectivity index (χ3n) is 5.52. The first-order chi connectivity index (χ1) is 16.1. The van der Waals surface area contributed by atoms with E-state index in [1.54, 1.807) is 33.2 Å². The maximum Gasteiger partial charge on any atom is 0.255 e. The summed E-state index contributed by atoms with van der Waals surface area (Å²) in [7, 11) is 1.69.